The van der Waals surface area contributed by atoms with Crippen molar-refractivity contribution in [1.29, 1.82) is 0 Å². The van der Waals surface area contributed by atoms with Gasteiger partial charge in [-0.1, -0.05) is 6.92 Å². The number of rotatable bonds is 7. The van der Waals surface area contributed by atoms with Crippen molar-refractivity contribution in [2.24, 2.45) is 17.6 Å². The molecular weight excluding hydrogens is 610 g/mol. The minimum atomic E-state index is -3.02. The van der Waals surface area contributed by atoms with Crippen molar-refractivity contribution in [3.8, 4) is 5.75 Å². The normalized spacial score (nSPS) is 27.6. The van der Waals surface area contributed by atoms with E-state index in [-0.39, 0.29) is 28.7 Å². The highest BCUT2D eigenvalue weighted by atomic mass is 32.1. The quantitative estimate of drug-likeness (QED) is 0.0905. The Morgan fingerprint density at radius 1 is 1.20 bits per heavy atom. The number of esters is 1. The monoisotopic (exact) mass is 643 g/mol. The van der Waals surface area contributed by atoms with Gasteiger partial charge in [0.15, 0.2) is 22.2 Å². The summed E-state index contributed by atoms with van der Waals surface area (Å²) in [6, 6.07) is 0.0635. The Labute approximate surface area is 260 Å². The van der Waals surface area contributed by atoms with Crippen LogP contribution in [0.4, 0.5) is 16.5 Å². The molecule has 1 fully saturated rings. The topological polar surface area (TPSA) is 245 Å². The Hall–Kier alpha value is -4.51. The maximum Gasteiger partial charge on any atom is 0.357 e. The van der Waals surface area contributed by atoms with Crippen LogP contribution in [0.2, 0.25) is 0 Å². The molecule has 1 saturated carbocycles. The number of thiazole rings is 1. The number of hydrogen-bond acceptors (Lipinski definition) is 15. The summed E-state index contributed by atoms with van der Waals surface area (Å²) < 4.78 is 4.96. The number of phenols is 1. The van der Waals surface area contributed by atoms with E-state index >= 15 is 0 Å². The molecule has 5 rings (SSSR count). The van der Waals surface area contributed by atoms with E-state index in [1.165, 1.54) is 30.4 Å². The number of aliphatic hydroxyl groups excluding tert-OH is 3. The second-order valence-corrected chi connectivity index (χ2v) is 12.1. The fourth-order valence-electron chi connectivity index (χ4n) is 6.81. The summed E-state index contributed by atoms with van der Waals surface area (Å²) in [5.74, 6) is -10.6. The molecule has 240 valence electrons. The number of hydrogen-bond donors (Lipinski definition) is 8. The highest BCUT2D eigenvalue weighted by Gasteiger charge is 2.68. The molecule has 16 heteroatoms. The fraction of sp³-hybridized carbons (Fsp3) is 0.414. The zero-order valence-electron chi connectivity index (χ0n) is 24.9. The van der Waals surface area contributed by atoms with E-state index in [9.17, 15) is 44.7 Å². The van der Waals surface area contributed by atoms with E-state index < -0.39 is 87.4 Å². The third kappa shape index (κ3) is 4.47. The lowest BCUT2D eigenvalue weighted by atomic mass is 9.54. The first kappa shape index (κ1) is 31.9. The van der Waals surface area contributed by atoms with Crippen LogP contribution >= 0.6 is 11.3 Å². The number of phenolic OH excluding ortho intramolecular Hbond substituents is 1. The molecule has 15 nitrogen and oxygen atoms in total. The third-order valence-electron chi connectivity index (χ3n) is 8.72. The van der Waals surface area contributed by atoms with Crippen molar-refractivity contribution < 1.29 is 49.4 Å². The van der Waals surface area contributed by atoms with Crippen molar-refractivity contribution in [2.45, 2.75) is 37.5 Å². The van der Waals surface area contributed by atoms with E-state index in [0.717, 1.165) is 11.3 Å². The molecule has 0 spiro atoms. The number of nitrogens with zero attached hydrogens (tertiary/aromatic N) is 2. The van der Waals surface area contributed by atoms with Crippen LogP contribution in [0.15, 0.2) is 28.4 Å². The molecule has 0 aliphatic heterocycles. The number of aliphatic hydroxyl groups is 4. The Morgan fingerprint density at radius 3 is 2.44 bits per heavy atom. The highest BCUT2D eigenvalue weighted by molar-refractivity contribution is 7.14. The molecular formula is C29H33N5O10S. The number of aromatic nitrogens is 1. The maximum absolute atomic E-state index is 14.2. The second kappa shape index (κ2) is 11.1. The van der Waals surface area contributed by atoms with Gasteiger partial charge in [-0.15, -0.1) is 11.3 Å². The largest absolute Gasteiger partial charge is 0.508 e. The molecule has 0 saturated heterocycles. The van der Waals surface area contributed by atoms with Crippen LogP contribution < -0.4 is 16.4 Å². The van der Waals surface area contributed by atoms with Crippen LogP contribution in [0.25, 0.3) is 5.76 Å². The number of aromatic hydroxyl groups is 1. The molecule has 3 aliphatic rings. The number of ether oxygens (including phenoxy) is 1. The molecule has 45 heavy (non-hydrogen) atoms. The van der Waals surface area contributed by atoms with Gasteiger partial charge in [0, 0.05) is 29.6 Å². The summed E-state index contributed by atoms with van der Waals surface area (Å²) in [6.45, 7) is 3.44. The lowest BCUT2D eigenvalue weighted by molar-refractivity contribution is -0.169. The predicted octanol–water partition coefficient (Wildman–Crippen LogP) is 0.914. The molecule has 0 bridgehead atoms. The highest BCUT2D eigenvalue weighted by Crippen LogP contribution is 2.58. The number of Topliss-reactive ketones (excluding diaryl/α,β-unsaturated/α-hetero) is 2. The van der Waals surface area contributed by atoms with Gasteiger partial charge in [-0.25, -0.2) is 9.78 Å². The SMILES string of the molecule is CCOC(=O)c1csc(Nc2cc(NC)c3c(c2O)C(O)=C2C(=O)[C@]4(O)C(O)=C(C(N)=O)C(=O)[C@@H](N(C)C)[C@@H]4[C@@H](O)[C@@H]2[C@H]3C)n1. The summed E-state index contributed by atoms with van der Waals surface area (Å²) >= 11 is 1.04. The van der Waals surface area contributed by atoms with Crippen molar-refractivity contribution in [3.63, 3.8) is 0 Å². The van der Waals surface area contributed by atoms with Crippen LogP contribution in [0.1, 0.15) is 41.4 Å². The molecule has 1 heterocycles. The van der Waals surface area contributed by atoms with Gasteiger partial charge in [-0.3, -0.25) is 19.3 Å². The number of benzene rings is 1. The van der Waals surface area contributed by atoms with E-state index in [0.29, 0.717) is 11.3 Å². The van der Waals surface area contributed by atoms with E-state index in [1.54, 1.807) is 20.9 Å². The number of carbonyl (C=O) groups is 4. The lowest BCUT2D eigenvalue weighted by Crippen LogP contribution is -2.70. The van der Waals surface area contributed by atoms with Crippen molar-refractivity contribution in [1.82, 2.24) is 9.88 Å². The van der Waals surface area contributed by atoms with Gasteiger partial charge in [0.05, 0.1) is 35.9 Å². The summed E-state index contributed by atoms with van der Waals surface area (Å²) in [5.41, 5.74) is 1.38. The predicted molar refractivity (Wildman–Crippen MR) is 161 cm³/mol. The van der Waals surface area contributed by atoms with Crippen molar-refractivity contribution in [3.05, 3.63) is 45.2 Å². The summed E-state index contributed by atoms with van der Waals surface area (Å²) in [6.07, 6.45) is -1.72. The smallest absolute Gasteiger partial charge is 0.357 e. The number of fused-ring (bicyclic) bond motifs is 3. The zero-order valence-corrected chi connectivity index (χ0v) is 25.7. The lowest BCUT2D eigenvalue weighted by Gasteiger charge is -2.53. The molecule has 3 aliphatic carbocycles. The van der Waals surface area contributed by atoms with Gasteiger partial charge >= 0.3 is 5.97 Å². The van der Waals surface area contributed by atoms with Crippen molar-refractivity contribution in [2.75, 3.05) is 38.4 Å². The number of primary amides is 1. The third-order valence-corrected chi connectivity index (χ3v) is 9.48. The molecule has 1 aromatic carbocycles. The van der Waals surface area contributed by atoms with Gasteiger partial charge in [0.1, 0.15) is 22.8 Å². The second-order valence-electron chi connectivity index (χ2n) is 11.3. The number of amides is 1. The van der Waals surface area contributed by atoms with Crippen LogP contribution in [0.3, 0.4) is 0 Å². The van der Waals surface area contributed by atoms with Gasteiger partial charge < -0.3 is 46.6 Å². The summed E-state index contributed by atoms with van der Waals surface area (Å²) in [7, 11) is 4.46. The van der Waals surface area contributed by atoms with Gasteiger partial charge in [-0.05, 0) is 38.6 Å². The summed E-state index contributed by atoms with van der Waals surface area (Å²) in [4.78, 5) is 57.3. The van der Waals surface area contributed by atoms with Gasteiger partial charge in [-0.2, -0.15) is 0 Å². The number of likely N-dealkylation sites (N-methyl/N-ethyl adjacent to an activating group) is 1. The first-order chi connectivity index (χ1) is 21.1. The fourth-order valence-corrected chi connectivity index (χ4v) is 7.51. The average Bonchev–Trinajstić information content (AvgIpc) is 3.44. The molecule has 0 unspecified atom stereocenters. The first-order valence-electron chi connectivity index (χ1n) is 13.9. The van der Waals surface area contributed by atoms with Gasteiger partial charge in [0.25, 0.3) is 5.91 Å². The first-order valence-corrected chi connectivity index (χ1v) is 14.8. The van der Waals surface area contributed by atoms with Crippen molar-refractivity contribution >= 4 is 57.0 Å². The van der Waals surface area contributed by atoms with E-state index in [4.69, 9.17) is 10.5 Å². The maximum atomic E-state index is 14.2. The Bertz CT molecular complexity index is 1710. The molecule has 6 atom stereocenters. The Kier molecular flexibility index (Phi) is 7.89. The van der Waals surface area contributed by atoms with E-state index in [1.807, 2.05) is 0 Å². The number of ketones is 2. The number of nitrogens with one attached hydrogen (secondary N) is 2. The van der Waals surface area contributed by atoms with Crippen LogP contribution in [0.5, 0.6) is 5.75 Å². The zero-order chi connectivity index (χ0) is 33.3. The average molecular weight is 644 g/mol. The van der Waals surface area contributed by atoms with Crippen LogP contribution in [-0.4, -0.2) is 104 Å². The molecule has 1 aromatic heterocycles. The van der Waals surface area contributed by atoms with E-state index in [2.05, 4.69) is 15.6 Å². The number of nitrogens with two attached hydrogens (primary N) is 1. The standard InChI is InChI=1S/C29H33N5O10S/c1-6-44-27(42)12-8-45-28(33-12)32-11-7-10(31-3)13-9(2)14-16(21(36)15(13)20(11)35)24(39)29(43)18(22(14)37)19(34(4)5)23(38)17(25(29)40)26(30)41/h7-9,14,18-19,22,31,35-37,40,43H,6H2,1-5H3,(H2,30,41)(H,32,33)/t9-,14+,18+,19-,22-,29-/m0/s1. The molecule has 9 N–H and O–H groups in total. The summed E-state index contributed by atoms with van der Waals surface area (Å²) in [5, 5.41) is 65.4. The Morgan fingerprint density at radius 2 is 1.87 bits per heavy atom. The van der Waals surface area contributed by atoms with Crippen LogP contribution in [-0.2, 0) is 19.1 Å². The minimum absolute atomic E-state index is 0.0238. The number of carbonyl (C=O) groups excluding carboxylic acids is 4. The molecule has 2 aromatic rings. The minimum Gasteiger partial charge on any atom is -0.508 e. The van der Waals surface area contributed by atoms with Gasteiger partial charge in [0.2, 0.25) is 5.78 Å². The van der Waals surface area contributed by atoms with Crippen LogP contribution in [0, 0.1) is 11.8 Å². The Balaban J connectivity index is 1.71. The molecule has 0 radical (unpaired) electrons. The number of anilines is 3. The molecule has 1 amide bonds.